The Morgan fingerprint density at radius 1 is 0.727 bits per heavy atom. The number of carbonyl (C=O) groups is 4. The highest BCUT2D eigenvalue weighted by Crippen LogP contribution is 2.06. The van der Waals surface area contributed by atoms with Gasteiger partial charge in [0.15, 0.2) is 5.78 Å². The molecule has 2 N–H and O–H groups in total. The average Bonchev–Trinajstić information content (AvgIpc) is 2.70. The van der Waals surface area contributed by atoms with E-state index in [-0.39, 0.29) is 77.6 Å². The molecule has 0 aromatic carbocycles. The van der Waals surface area contributed by atoms with Crippen molar-refractivity contribution in [2.75, 3.05) is 72.6 Å². The molecule has 0 atom stereocenters. The van der Waals surface area contributed by atoms with Gasteiger partial charge in [-0.3, -0.25) is 9.59 Å². The van der Waals surface area contributed by atoms with Gasteiger partial charge in [-0.25, -0.2) is 9.59 Å². The van der Waals surface area contributed by atoms with Crippen molar-refractivity contribution in [1.82, 2.24) is 5.32 Å². The Bertz CT molecular complexity index is 575. The van der Waals surface area contributed by atoms with Gasteiger partial charge in [-0.1, -0.05) is 0 Å². The van der Waals surface area contributed by atoms with Crippen molar-refractivity contribution >= 4 is 23.6 Å². The third-order valence-electron chi connectivity index (χ3n) is 3.42. The van der Waals surface area contributed by atoms with E-state index >= 15 is 0 Å². The van der Waals surface area contributed by atoms with Gasteiger partial charge >= 0.3 is 11.9 Å². The van der Waals surface area contributed by atoms with Crippen LogP contribution >= 0.6 is 0 Å². The summed E-state index contributed by atoms with van der Waals surface area (Å²) in [7, 11) is 0. The molecule has 192 valence electrons. The maximum Gasteiger partial charge on any atom is 0.332 e. The number of amides is 1. The number of aliphatic carboxylic acids is 1. The van der Waals surface area contributed by atoms with E-state index in [9.17, 15) is 19.2 Å². The maximum atomic E-state index is 11.7. The zero-order valence-corrected chi connectivity index (χ0v) is 19.7. The van der Waals surface area contributed by atoms with Crippen LogP contribution in [0, 0.1) is 0 Å². The molecular weight excluding hydrogens is 442 g/mol. The predicted octanol–water partition coefficient (Wildman–Crippen LogP) is -0.0388. The number of ether oxygens (including phenoxy) is 6. The lowest BCUT2D eigenvalue weighted by Crippen LogP contribution is -2.31. The lowest BCUT2D eigenvalue weighted by atomic mass is 10.2. The molecule has 1 amide bonds. The van der Waals surface area contributed by atoms with Gasteiger partial charge < -0.3 is 38.8 Å². The number of rotatable bonds is 21. The first-order chi connectivity index (χ1) is 15.6. The van der Waals surface area contributed by atoms with E-state index in [2.05, 4.69) is 5.32 Å². The smallest absolute Gasteiger partial charge is 0.332 e. The molecule has 0 aliphatic rings. The third kappa shape index (κ3) is 24.4. The van der Waals surface area contributed by atoms with Crippen molar-refractivity contribution in [3.63, 3.8) is 0 Å². The fraction of sp³-hybridized carbons (Fsp3) is 0.810. The first-order valence-corrected chi connectivity index (χ1v) is 10.7. The van der Waals surface area contributed by atoms with Crippen LogP contribution in [0.1, 0.15) is 33.6 Å². The predicted molar refractivity (Wildman–Crippen MR) is 115 cm³/mol. The number of hydrogen-bond donors (Lipinski definition) is 2. The van der Waals surface area contributed by atoms with E-state index in [0.717, 1.165) is 0 Å². The molecule has 0 aromatic rings. The zero-order valence-electron chi connectivity index (χ0n) is 19.7. The minimum Gasteiger partial charge on any atom is -0.480 e. The monoisotopic (exact) mass is 479 g/mol. The lowest BCUT2D eigenvalue weighted by molar-refractivity contribution is -0.160. The van der Waals surface area contributed by atoms with E-state index in [0.29, 0.717) is 19.6 Å². The van der Waals surface area contributed by atoms with E-state index in [1.165, 1.54) is 0 Å². The van der Waals surface area contributed by atoms with Crippen LogP contribution in [0.15, 0.2) is 0 Å². The zero-order chi connectivity index (χ0) is 25.0. The molecule has 0 saturated heterocycles. The Labute approximate surface area is 194 Å². The Kier molecular flexibility index (Phi) is 18.1. The molecule has 0 aliphatic carbocycles. The highest BCUT2D eigenvalue weighted by atomic mass is 16.6. The molecule has 0 aliphatic heterocycles. The number of hydrogen-bond acceptors (Lipinski definition) is 10. The fourth-order valence-electron chi connectivity index (χ4n) is 2.14. The average molecular weight is 480 g/mol. The number of carboxylic acid groups (broad SMARTS) is 1. The number of carbonyl (C=O) groups excluding carboxylic acids is 3. The van der Waals surface area contributed by atoms with Crippen molar-refractivity contribution in [2.24, 2.45) is 0 Å². The summed E-state index contributed by atoms with van der Waals surface area (Å²) in [6.45, 7) is 6.22. The molecule has 33 heavy (non-hydrogen) atoms. The summed E-state index contributed by atoms with van der Waals surface area (Å²) in [4.78, 5) is 44.9. The summed E-state index contributed by atoms with van der Waals surface area (Å²) in [5, 5.41) is 11.0. The SMILES string of the molecule is CC(C)(C)OC(=O)COCC(=O)CCCOCCOCC(=O)NCCOCCOCC(=O)O. The van der Waals surface area contributed by atoms with E-state index in [1.807, 2.05) is 0 Å². The second-order valence-corrected chi connectivity index (χ2v) is 7.80. The van der Waals surface area contributed by atoms with Crippen LogP contribution in [0.5, 0.6) is 0 Å². The maximum absolute atomic E-state index is 11.7. The summed E-state index contributed by atoms with van der Waals surface area (Å²) in [5.41, 5.74) is -0.590. The van der Waals surface area contributed by atoms with Crippen molar-refractivity contribution in [3.8, 4) is 0 Å². The van der Waals surface area contributed by atoms with Gasteiger partial charge in [0.2, 0.25) is 5.91 Å². The van der Waals surface area contributed by atoms with Crippen LogP contribution in [-0.4, -0.2) is 107 Å². The van der Waals surface area contributed by atoms with Crippen molar-refractivity contribution < 1.29 is 52.7 Å². The third-order valence-corrected chi connectivity index (χ3v) is 3.42. The number of Topliss-reactive ketones (excluding diaryl/α,β-unsaturated/α-hetero) is 1. The van der Waals surface area contributed by atoms with Crippen LogP contribution in [0.2, 0.25) is 0 Å². The molecule has 0 saturated carbocycles. The van der Waals surface area contributed by atoms with E-state index in [1.54, 1.807) is 20.8 Å². The molecule has 0 bridgehead atoms. The standard InChI is InChI=1S/C21H37NO11/c1-21(2,3)33-20(27)16-32-13-17(23)5-4-7-28-9-11-30-14-18(24)22-6-8-29-10-12-31-15-19(25)26/h4-16H2,1-3H3,(H,22,24)(H,25,26). The summed E-state index contributed by atoms with van der Waals surface area (Å²) in [6, 6.07) is 0. The van der Waals surface area contributed by atoms with E-state index < -0.39 is 17.5 Å². The van der Waals surface area contributed by atoms with Crippen LogP contribution in [-0.2, 0) is 47.6 Å². The van der Waals surface area contributed by atoms with Gasteiger partial charge in [-0.2, -0.15) is 0 Å². The summed E-state index contributed by atoms with van der Waals surface area (Å²) >= 11 is 0. The Hall–Kier alpha value is -2.12. The Morgan fingerprint density at radius 2 is 1.33 bits per heavy atom. The minimum absolute atomic E-state index is 0.113. The molecule has 0 spiro atoms. The lowest BCUT2D eigenvalue weighted by Gasteiger charge is -2.19. The number of esters is 1. The van der Waals surface area contributed by atoms with Crippen molar-refractivity contribution in [3.05, 3.63) is 0 Å². The van der Waals surface area contributed by atoms with Crippen LogP contribution in [0.25, 0.3) is 0 Å². The quantitative estimate of drug-likeness (QED) is 0.168. The summed E-state index contributed by atoms with van der Waals surface area (Å²) in [5.74, 6) is -1.98. The van der Waals surface area contributed by atoms with Gasteiger partial charge in [0, 0.05) is 19.6 Å². The molecule has 0 heterocycles. The van der Waals surface area contributed by atoms with Crippen LogP contribution < -0.4 is 5.32 Å². The van der Waals surface area contributed by atoms with Crippen LogP contribution in [0.4, 0.5) is 0 Å². The molecule has 0 unspecified atom stereocenters. The largest absolute Gasteiger partial charge is 0.480 e. The number of nitrogens with one attached hydrogen (secondary N) is 1. The fourth-order valence-corrected chi connectivity index (χ4v) is 2.14. The highest BCUT2D eigenvalue weighted by molar-refractivity contribution is 5.80. The van der Waals surface area contributed by atoms with Crippen molar-refractivity contribution in [2.45, 2.75) is 39.2 Å². The molecule has 0 radical (unpaired) electrons. The summed E-state index contributed by atoms with van der Waals surface area (Å²) in [6.07, 6.45) is 0.780. The topological polar surface area (TPSA) is 156 Å². The van der Waals surface area contributed by atoms with Gasteiger partial charge in [0.1, 0.15) is 32.0 Å². The summed E-state index contributed by atoms with van der Waals surface area (Å²) < 4.78 is 30.6. The molecule has 0 fully saturated rings. The van der Waals surface area contributed by atoms with Crippen molar-refractivity contribution in [1.29, 1.82) is 0 Å². The van der Waals surface area contributed by atoms with Gasteiger partial charge in [-0.15, -0.1) is 0 Å². The molecule has 12 nitrogen and oxygen atoms in total. The van der Waals surface area contributed by atoms with Gasteiger partial charge in [0.25, 0.3) is 0 Å². The molecule has 0 rings (SSSR count). The minimum atomic E-state index is -1.04. The molecule has 12 heteroatoms. The first kappa shape index (κ1) is 30.9. The number of carboxylic acids is 1. The van der Waals surface area contributed by atoms with Gasteiger partial charge in [0.05, 0.1) is 33.0 Å². The van der Waals surface area contributed by atoms with Gasteiger partial charge in [-0.05, 0) is 27.2 Å². The Morgan fingerprint density at radius 3 is 1.97 bits per heavy atom. The van der Waals surface area contributed by atoms with Crippen LogP contribution in [0.3, 0.4) is 0 Å². The second kappa shape index (κ2) is 19.4. The first-order valence-electron chi connectivity index (χ1n) is 10.7. The van der Waals surface area contributed by atoms with E-state index in [4.69, 9.17) is 33.5 Å². The molecule has 0 aromatic heterocycles. The highest BCUT2D eigenvalue weighted by Gasteiger charge is 2.16. The number of ketones is 1. The molecular formula is C21H37NO11. The Balaban J connectivity index is 3.41. The second-order valence-electron chi connectivity index (χ2n) is 7.80. The normalized spacial score (nSPS) is 11.2.